The Labute approximate surface area is 388 Å². The largest absolute Gasteiger partial charge is 0.438 e. The number of imidazole rings is 2. The molecule has 0 aliphatic heterocycles. The third kappa shape index (κ3) is 8.28. The molecule has 0 saturated carbocycles. The van der Waals surface area contributed by atoms with E-state index in [4.69, 9.17) is 9.47 Å². The number of carbonyl (C=O) groups excluding carboxylic acids is 2. The molecule has 324 valence electrons. The Hall–Kier alpha value is -9.68. The smallest absolute Gasteiger partial charge is 0.228 e. The lowest BCUT2D eigenvalue weighted by Gasteiger charge is -2.12. The fourth-order valence-corrected chi connectivity index (χ4v) is 7.99. The summed E-state index contributed by atoms with van der Waals surface area (Å²) in [7, 11) is 0. The summed E-state index contributed by atoms with van der Waals surface area (Å²) in [6.07, 6.45) is 6.96. The number of para-hydroxylation sites is 5. The van der Waals surface area contributed by atoms with E-state index in [1.165, 1.54) is 0 Å². The summed E-state index contributed by atoms with van der Waals surface area (Å²) >= 11 is 0. The Morgan fingerprint density at radius 3 is 1.31 bits per heavy atom. The van der Waals surface area contributed by atoms with Crippen LogP contribution in [-0.4, -0.2) is 51.4 Å². The first-order chi connectivity index (χ1) is 33.5. The van der Waals surface area contributed by atoms with Crippen LogP contribution in [0.15, 0.2) is 207 Å². The number of hydrogen-bond acceptors (Lipinski definition) is 10. The standard InChI is InChI=1S/2C28H18N4O2/c33-26(27-31-24-9-1-2-10-25(24)32-27)18-12-14-19(15-13-18)34-28-22(8-5-17-30-28)20-6-3-11-23-21(20)7-4-16-29-23;33-26(27-31-24-9-3-4-10-25(24)32-27)18-11-13-19(14-12-18)34-28-22(7-5-16-30-28)20-15-17-29-23-8-2-1-6-21(20)23/h2*1-17H,(H,31,32). The van der Waals surface area contributed by atoms with E-state index in [-0.39, 0.29) is 11.6 Å². The Bertz CT molecular complexity index is 3480. The lowest BCUT2D eigenvalue weighted by Crippen LogP contribution is -2.03. The first-order valence-electron chi connectivity index (χ1n) is 21.7. The SMILES string of the molecule is O=C(c1ccc(Oc2ncccc2-c2cccc3ncccc23)cc1)c1nc2ccccc2[nH]1.O=C(c1ccc(Oc2ncccc2-c2ccnc3ccccc23)cc1)c1nc2ccccc2[nH]1. The van der Waals surface area contributed by atoms with Crippen molar-refractivity contribution >= 4 is 55.4 Å². The number of aromatic amines is 2. The second kappa shape index (κ2) is 18.1. The van der Waals surface area contributed by atoms with Gasteiger partial charge in [-0.25, -0.2) is 19.9 Å². The molecule has 0 unspecified atom stereocenters. The molecule has 12 heteroatoms. The Balaban J connectivity index is 0.000000149. The van der Waals surface area contributed by atoms with Crippen molar-refractivity contribution in [3.63, 3.8) is 0 Å². The number of ether oxygens (including phenoxy) is 2. The first-order valence-corrected chi connectivity index (χ1v) is 21.7. The van der Waals surface area contributed by atoms with Gasteiger partial charge in [-0.1, -0.05) is 60.7 Å². The summed E-state index contributed by atoms with van der Waals surface area (Å²) in [4.78, 5) is 58.6. The summed E-state index contributed by atoms with van der Waals surface area (Å²) < 4.78 is 12.3. The zero-order valence-corrected chi connectivity index (χ0v) is 35.9. The number of benzene rings is 6. The highest BCUT2D eigenvalue weighted by atomic mass is 16.5. The zero-order valence-electron chi connectivity index (χ0n) is 35.9. The van der Waals surface area contributed by atoms with E-state index in [2.05, 4.69) is 39.9 Å². The van der Waals surface area contributed by atoms with Crippen LogP contribution in [0.2, 0.25) is 0 Å². The second-order valence-corrected chi connectivity index (χ2v) is 15.6. The normalized spacial score (nSPS) is 11.1. The minimum atomic E-state index is -0.176. The molecule has 0 bridgehead atoms. The number of carbonyl (C=O) groups is 2. The maximum atomic E-state index is 12.9. The molecule has 0 aliphatic carbocycles. The molecule has 12 nitrogen and oxygen atoms in total. The number of pyridine rings is 4. The van der Waals surface area contributed by atoms with Gasteiger partial charge in [-0.2, -0.15) is 0 Å². The molecule has 0 spiro atoms. The number of aromatic nitrogens is 8. The van der Waals surface area contributed by atoms with Gasteiger partial charge >= 0.3 is 0 Å². The van der Waals surface area contributed by atoms with E-state index in [1.54, 1.807) is 73.3 Å². The number of hydrogen-bond donors (Lipinski definition) is 2. The molecule has 6 aromatic heterocycles. The van der Waals surface area contributed by atoms with Crippen molar-refractivity contribution in [2.24, 2.45) is 0 Å². The van der Waals surface area contributed by atoms with Gasteiger partial charge in [0.2, 0.25) is 23.3 Å². The molecule has 12 aromatic rings. The van der Waals surface area contributed by atoms with E-state index in [9.17, 15) is 9.59 Å². The summed E-state index contributed by atoms with van der Waals surface area (Å²) in [5.41, 5.74) is 9.75. The number of nitrogens with one attached hydrogen (secondary N) is 2. The Morgan fingerprint density at radius 2 is 0.765 bits per heavy atom. The molecule has 0 amide bonds. The van der Waals surface area contributed by atoms with Gasteiger partial charge in [-0.15, -0.1) is 0 Å². The highest BCUT2D eigenvalue weighted by Gasteiger charge is 2.18. The van der Waals surface area contributed by atoms with E-state index in [1.807, 2.05) is 133 Å². The molecule has 0 saturated heterocycles. The van der Waals surface area contributed by atoms with Crippen molar-refractivity contribution < 1.29 is 19.1 Å². The van der Waals surface area contributed by atoms with Crippen LogP contribution >= 0.6 is 0 Å². The van der Waals surface area contributed by atoms with Crippen LogP contribution in [0.25, 0.3) is 66.1 Å². The monoisotopic (exact) mass is 884 g/mol. The van der Waals surface area contributed by atoms with Gasteiger partial charge in [0.05, 0.1) is 33.1 Å². The van der Waals surface area contributed by atoms with Gasteiger partial charge in [0.1, 0.15) is 11.5 Å². The number of nitrogens with zero attached hydrogens (tertiary/aromatic N) is 6. The number of fused-ring (bicyclic) bond motifs is 4. The van der Waals surface area contributed by atoms with Crippen molar-refractivity contribution in [2.45, 2.75) is 0 Å². The van der Waals surface area contributed by atoms with E-state index < -0.39 is 0 Å². The second-order valence-electron chi connectivity index (χ2n) is 15.6. The predicted octanol–water partition coefficient (Wildman–Crippen LogP) is 12.4. The fourth-order valence-electron chi connectivity index (χ4n) is 7.99. The molecular formula is C56H36N8O4. The van der Waals surface area contributed by atoms with Gasteiger partial charge in [-0.05, 0) is 132 Å². The van der Waals surface area contributed by atoms with Crippen molar-refractivity contribution in [2.75, 3.05) is 0 Å². The number of rotatable bonds is 10. The lowest BCUT2D eigenvalue weighted by atomic mass is 10.0. The van der Waals surface area contributed by atoms with Crippen LogP contribution in [0.3, 0.4) is 0 Å². The molecule has 12 rings (SSSR count). The third-order valence-corrected chi connectivity index (χ3v) is 11.3. The van der Waals surface area contributed by atoms with Gasteiger partial charge in [0, 0.05) is 57.8 Å². The molecule has 0 aliphatic rings. The maximum absolute atomic E-state index is 12.9. The summed E-state index contributed by atoms with van der Waals surface area (Å²) in [6.45, 7) is 0. The van der Waals surface area contributed by atoms with Crippen molar-refractivity contribution in [3.8, 4) is 45.5 Å². The Morgan fingerprint density at radius 1 is 0.353 bits per heavy atom. The van der Waals surface area contributed by atoms with Gasteiger partial charge in [0.25, 0.3) is 0 Å². The minimum Gasteiger partial charge on any atom is -0.438 e. The molecule has 6 aromatic carbocycles. The minimum absolute atomic E-state index is 0.176. The highest BCUT2D eigenvalue weighted by Crippen LogP contribution is 2.37. The van der Waals surface area contributed by atoms with Crippen LogP contribution in [-0.2, 0) is 0 Å². The average molecular weight is 885 g/mol. The van der Waals surface area contributed by atoms with Crippen molar-refractivity contribution in [1.29, 1.82) is 0 Å². The first kappa shape index (κ1) is 41.1. The van der Waals surface area contributed by atoms with Crippen LogP contribution in [0.1, 0.15) is 32.4 Å². The molecule has 2 N–H and O–H groups in total. The molecule has 0 atom stereocenters. The van der Waals surface area contributed by atoms with E-state index in [0.717, 1.165) is 66.1 Å². The maximum Gasteiger partial charge on any atom is 0.228 e. The van der Waals surface area contributed by atoms with Crippen molar-refractivity contribution in [3.05, 3.63) is 230 Å². The lowest BCUT2D eigenvalue weighted by molar-refractivity contribution is 0.102. The molecular weight excluding hydrogens is 849 g/mol. The third-order valence-electron chi connectivity index (χ3n) is 11.3. The van der Waals surface area contributed by atoms with Gasteiger partial charge in [-0.3, -0.25) is 19.6 Å². The predicted molar refractivity (Wildman–Crippen MR) is 262 cm³/mol. The molecule has 0 fully saturated rings. The van der Waals surface area contributed by atoms with Crippen LogP contribution < -0.4 is 9.47 Å². The summed E-state index contributed by atoms with van der Waals surface area (Å²) in [5.74, 6) is 2.40. The summed E-state index contributed by atoms with van der Waals surface area (Å²) in [5, 5.41) is 2.05. The van der Waals surface area contributed by atoms with Gasteiger partial charge in [0.15, 0.2) is 11.6 Å². The van der Waals surface area contributed by atoms with Crippen LogP contribution in [0.5, 0.6) is 23.3 Å². The van der Waals surface area contributed by atoms with E-state index >= 15 is 0 Å². The quantitative estimate of drug-likeness (QED) is 0.126. The molecule has 6 heterocycles. The van der Waals surface area contributed by atoms with Crippen molar-refractivity contribution in [1.82, 2.24) is 39.9 Å². The van der Waals surface area contributed by atoms with Crippen LogP contribution in [0.4, 0.5) is 0 Å². The summed E-state index contributed by atoms with van der Waals surface area (Å²) in [6, 6.07) is 56.7. The van der Waals surface area contributed by atoms with Gasteiger partial charge < -0.3 is 19.4 Å². The Kier molecular flexibility index (Phi) is 10.9. The van der Waals surface area contributed by atoms with E-state index in [0.29, 0.717) is 46.0 Å². The molecule has 68 heavy (non-hydrogen) atoms. The zero-order chi connectivity index (χ0) is 45.8. The topological polar surface area (TPSA) is 162 Å². The highest BCUT2D eigenvalue weighted by molar-refractivity contribution is 6.09. The average Bonchev–Trinajstić information content (AvgIpc) is 4.05. The fraction of sp³-hybridized carbons (Fsp3) is 0. The molecule has 0 radical (unpaired) electrons. The van der Waals surface area contributed by atoms with Crippen LogP contribution in [0, 0.1) is 0 Å². The number of ketones is 2. The number of H-pyrrole nitrogens is 2.